The number of fused-ring (bicyclic) bond motifs is 1. The first kappa shape index (κ1) is 10.2. The normalized spacial score (nSPS) is 10.3. The van der Waals surface area contributed by atoms with E-state index >= 15 is 0 Å². The van der Waals surface area contributed by atoms with Crippen molar-refractivity contribution in [3.8, 4) is 5.75 Å². The molecule has 0 saturated carbocycles. The van der Waals surface area contributed by atoms with Crippen LogP contribution in [0.2, 0.25) is 4.47 Å². The lowest BCUT2D eigenvalue weighted by Crippen LogP contribution is -2.06. The van der Waals surface area contributed by atoms with Crippen LogP contribution in [0.3, 0.4) is 0 Å². The van der Waals surface area contributed by atoms with Gasteiger partial charge in [-0.15, -0.1) is 11.3 Å². The molecule has 6 heteroatoms. The lowest BCUT2D eigenvalue weighted by Gasteiger charge is -2.00. The molecular formula is C9H6ClNO3S. The van der Waals surface area contributed by atoms with Gasteiger partial charge in [-0.1, -0.05) is 11.6 Å². The van der Waals surface area contributed by atoms with Gasteiger partial charge in [0.15, 0.2) is 4.47 Å². The van der Waals surface area contributed by atoms with Crippen molar-refractivity contribution in [1.29, 1.82) is 0 Å². The number of halogens is 1. The van der Waals surface area contributed by atoms with E-state index in [1.165, 1.54) is 18.4 Å². The van der Waals surface area contributed by atoms with Gasteiger partial charge in [0.2, 0.25) is 0 Å². The monoisotopic (exact) mass is 243 g/mol. The SMILES string of the molecule is COC(=O)Oc1ccc2sc(Cl)nc2c1. The van der Waals surface area contributed by atoms with Crippen LogP contribution in [0, 0.1) is 0 Å². The molecule has 0 aliphatic rings. The summed E-state index contributed by atoms with van der Waals surface area (Å²) in [5, 5.41) is 0. The predicted octanol–water partition coefficient (Wildman–Crippen LogP) is 3.09. The average Bonchev–Trinajstić information content (AvgIpc) is 2.57. The summed E-state index contributed by atoms with van der Waals surface area (Å²) in [6, 6.07) is 5.08. The van der Waals surface area contributed by atoms with E-state index in [4.69, 9.17) is 16.3 Å². The Balaban J connectivity index is 2.33. The number of hydrogen-bond acceptors (Lipinski definition) is 5. The van der Waals surface area contributed by atoms with Crippen molar-refractivity contribution in [3.05, 3.63) is 22.7 Å². The highest BCUT2D eigenvalue weighted by Crippen LogP contribution is 2.28. The van der Waals surface area contributed by atoms with E-state index < -0.39 is 6.16 Å². The Bertz CT molecular complexity index is 511. The second kappa shape index (κ2) is 4.04. The van der Waals surface area contributed by atoms with E-state index in [1.807, 2.05) is 0 Å². The lowest BCUT2D eigenvalue weighted by atomic mass is 10.3. The van der Waals surface area contributed by atoms with Crippen LogP contribution in [-0.2, 0) is 4.74 Å². The highest BCUT2D eigenvalue weighted by molar-refractivity contribution is 7.22. The van der Waals surface area contributed by atoms with Crippen LogP contribution >= 0.6 is 22.9 Å². The standard InChI is InChI=1S/C9H6ClNO3S/c1-13-9(12)14-5-2-3-7-6(4-5)11-8(10)15-7/h2-4H,1H3. The number of aromatic nitrogens is 1. The first-order chi connectivity index (χ1) is 7.19. The first-order valence-electron chi connectivity index (χ1n) is 4.01. The summed E-state index contributed by atoms with van der Waals surface area (Å²) in [6.45, 7) is 0. The van der Waals surface area contributed by atoms with Crippen LogP contribution in [0.4, 0.5) is 4.79 Å². The highest BCUT2D eigenvalue weighted by atomic mass is 35.5. The topological polar surface area (TPSA) is 48.4 Å². The maximum Gasteiger partial charge on any atom is 0.513 e. The molecule has 0 fully saturated rings. The zero-order chi connectivity index (χ0) is 10.8. The molecule has 15 heavy (non-hydrogen) atoms. The fraction of sp³-hybridized carbons (Fsp3) is 0.111. The van der Waals surface area contributed by atoms with E-state index in [2.05, 4.69) is 9.72 Å². The number of benzene rings is 1. The van der Waals surface area contributed by atoms with Gasteiger partial charge >= 0.3 is 6.16 Å². The van der Waals surface area contributed by atoms with E-state index in [0.717, 1.165) is 4.70 Å². The Morgan fingerprint density at radius 3 is 3.07 bits per heavy atom. The fourth-order valence-corrected chi connectivity index (χ4v) is 2.09. The number of ether oxygens (including phenoxy) is 2. The Hall–Kier alpha value is -1.33. The van der Waals surface area contributed by atoms with Crippen molar-refractivity contribution < 1.29 is 14.3 Å². The minimum atomic E-state index is -0.754. The second-order valence-corrected chi connectivity index (χ2v) is 4.27. The zero-order valence-electron chi connectivity index (χ0n) is 7.69. The third-order valence-corrected chi connectivity index (χ3v) is 2.84. The maximum absolute atomic E-state index is 10.8. The molecule has 4 nitrogen and oxygen atoms in total. The molecule has 78 valence electrons. The third-order valence-electron chi connectivity index (χ3n) is 1.70. The molecule has 0 atom stereocenters. The Kier molecular flexibility index (Phi) is 2.75. The Labute approximate surface area is 94.4 Å². The molecule has 2 aromatic rings. The molecule has 2 rings (SSSR count). The number of thiazole rings is 1. The Morgan fingerprint density at radius 1 is 1.53 bits per heavy atom. The molecule has 0 bridgehead atoms. The average molecular weight is 244 g/mol. The molecule has 0 unspecified atom stereocenters. The molecule has 1 aromatic heterocycles. The summed E-state index contributed by atoms with van der Waals surface area (Å²) in [4.78, 5) is 14.9. The Morgan fingerprint density at radius 2 is 2.33 bits per heavy atom. The van der Waals surface area contributed by atoms with Crippen molar-refractivity contribution in [2.24, 2.45) is 0 Å². The minimum Gasteiger partial charge on any atom is -0.437 e. The molecular weight excluding hydrogens is 238 g/mol. The first-order valence-corrected chi connectivity index (χ1v) is 5.20. The summed E-state index contributed by atoms with van der Waals surface area (Å²) in [6.07, 6.45) is -0.754. The van der Waals surface area contributed by atoms with E-state index in [0.29, 0.717) is 15.7 Å². The molecule has 0 saturated heterocycles. The van der Waals surface area contributed by atoms with Crippen molar-refractivity contribution in [3.63, 3.8) is 0 Å². The number of rotatable bonds is 1. The summed E-state index contributed by atoms with van der Waals surface area (Å²) in [5.41, 5.74) is 0.700. The zero-order valence-corrected chi connectivity index (χ0v) is 9.26. The second-order valence-electron chi connectivity index (χ2n) is 2.65. The van der Waals surface area contributed by atoms with Crippen molar-refractivity contribution in [1.82, 2.24) is 4.98 Å². The van der Waals surface area contributed by atoms with Gasteiger partial charge in [0.25, 0.3) is 0 Å². The van der Waals surface area contributed by atoms with Crippen LogP contribution in [-0.4, -0.2) is 18.2 Å². The van der Waals surface area contributed by atoms with Gasteiger partial charge < -0.3 is 9.47 Å². The molecule has 0 amide bonds. The molecule has 0 aliphatic carbocycles. The third kappa shape index (κ3) is 2.19. The van der Waals surface area contributed by atoms with Gasteiger partial charge in [0.05, 0.1) is 17.3 Å². The highest BCUT2D eigenvalue weighted by Gasteiger charge is 2.06. The number of methoxy groups -OCH3 is 1. The van der Waals surface area contributed by atoms with Gasteiger partial charge in [-0.25, -0.2) is 9.78 Å². The summed E-state index contributed by atoms with van der Waals surface area (Å²) >= 11 is 7.11. The fourth-order valence-electron chi connectivity index (χ4n) is 1.08. The largest absolute Gasteiger partial charge is 0.513 e. The summed E-state index contributed by atoms with van der Waals surface area (Å²) in [5.74, 6) is 0.385. The van der Waals surface area contributed by atoms with E-state index in [-0.39, 0.29) is 0 Å². The molecule has 1 heterocycles. The van der Waals surface area contributed by atoms with Gasteiger partial charge in [0.1, 0.15) is 5.75 Å². The predicted molar refractivity (Wildman–Crippen MR) is 57.7 cm³/mol. The summed E-state index contributed by atoms with van der Waals surface area (Å²) < 4.78 is 10.6. The lowest BCUT2D eigenvalue weighted by molar-refractivity contribution is 0.121. The minimum absolute atomic E-state index is 0.385. The van der Waals surface area contributed by atoms with Crippen LogP contribution in [0.5, 0.6) is 5.75 Å². The molecule has 0 aliphatic heterocycles. The smallest absolute Gasteiger partial charge is 0.437 e. The number of nitrogens with zero attached hydrogens (tertiary/aromatic N) is 1. The summed E-state index contributed by atoms with van der Waals surface area (Å²) in [7, 11) is 1.25. The van der Waals surface area contributed by atoms with Gasteiger partial charge in [0, 0.05) is 6.07 Å². The van der Waals surface area contributed by atoms with Gasteiger partial charge in [-0.05, 0) is 12.1 Å². The molecule has 0 spiro atoms. The van der Waals surface area contributed by atoms with Crippen molar-refractivity contribution in [2.75, 3.05) is 7.11 Å². The number of carbonyl (C=O) groups excluding carboxylic acids is 1. The van der Waals surface area contributed by atoms with Crippen LogP contribution in [0.25, 0.3) is 10.2 Å². The molecule has 1 aromatic carbocycles. The van der Waals surface area contributed by atoms with Gasteiger partial charge in [-0.2, -0.15) is 0 Å². The van der Waals surface area contributed by atoms with Crippen LogP contribution < -0.4 is 4.74 Å². The quantitative estimate of drug-likeness (QED) is 0.570. The van der Waals surface area contributed by atoms with Crippen LogP contribution in [0.1, 0.15) is 0 Å². The van der Waals surface area contributed by atoms with E-state index in [9.17, 15) is 4.79 Å². The van der Waals surface area contributed by atoms with Gasteiger partial charge in [-0.3, -0.25) is 0 Å². The van der Waals surface area contributed by atoms with E-state index in [1.54, 1.807) is 18.2 Å². The molecule has 0 N–H and O–H groups in total. The van der Waals surface area contributed by atoms with Crippen LogP contribution in [0.15, 0.2) is 18.2 Å². The number of carbonyl (C=O) groups is 1. The van der Waals surface area contributed by atoms with Crippen molar-refractivity contribution in [2.45, 2.75) is 0 Å². The maximum atomic E-state index is 10.8. The number of hydrogen-bond donors (Lipinski definition) is 0. The van der Waals surface area contributed by atoms with Crippen molar-refractivity contribution >= 4 is 39.3 Å². The molecule has 0 radical (unpaired) electrons.